The molecule has 2 aromatic heterocycles. The first-order valence-corrected chi connectivity index (χ1v) is 7.65. The van der Waals surface area contributed by atoms with Gasteiger partial charge in [-0.1, -0.05) is 12.1 Å². The monoisotopic (exact) mass is 315 g/mol. The Hall–Kier alpha value is -2.31. The van der Waals surface area contributed by atoms with Gasteiger partial charge in [0.2, 0.25) is 0 Å². The summed E-state index contributed by atoms with van der Waals surface area (Å²) in [6, 6.07) is 11.5. The minimum atomic E-state index is -0.316. The van der Waals surface area contributed by atoms with E-state index in [-0.39, 0.29) is 11.8 Å². The van der Waals surface area contributed by atoms with Crippen molar-refractivity contribution >= 4 is 11.1 Å². The number of para-hydroxylation sites is 2. The van der Waals surface area contributed by atoms with Crippen molar-refractivity contribution in [1.29, 1.82) is 0 Å². The van der Waals surface area contributed by atoms with Gasteiger partial charge < -0.3 is 14.2 Å². The molecule has 1 atom stereocenters. The second kappa shape index (κ2) is 6.85. The highest BCUT2D eigenvalue weighted by atomic mass is 16.4. The summed E-state index contributed by atoms with van der Waals surface area (Å²) < 4.78 is 12.4. The van der Waals surface area contributed by atoms with Gasteiger partial charge in [0.15, 0.2) is 5.58 Å². The summed E-state index contributed by atoms with van der Waals surface area (Å²) in [4.78, 5) is 14.0. The Kier molecular flexibility index (Phi) is 4.64. The second-order valence-corrected chi connectivity index (χ2v) is 5.69. The number of nitrogens with zero attached hydrogens (tertiary/aromatic N) is 2. The molecule has 6 heteroatoms. The average Bonchev–Trinajstić information content (AvgIpc) is 3.15. The number of oxazole rings is 1. The number of rotatable bonds is 7. The highest BCUT2D eigenvalue weighted by Crippen LogP contribution is 2.17. The average molecular weight is 315 g/mol. The minimum absolute atomic E-state index is 0.155. The van der Waals surface area contributed by atoms with Crippen LogP contribution in [0.2, 0.25) is 0 Å². The lowest BCUT2D eigenvalue weighted by atomic mass is 10.2. The zero-order chi connectivity index (χ0) is 16.2. The van der Waals surface area contributed by atoms with E-state index in [9.17, 15) is 4.79 Å². The van der Waals surface area contributed by atoms with E-state index in [0.29, 0.717) is 18.7 Å². The van der Waals surface area contributed by atoms with Crippen molar-refractivity contribution in [2.45, 2.75) is 12.6 Å². The highest BCUT2D eigenvalue weighted by molar-refractivity contribution is 5.72. The molecule has 3 rings (SSSR count). The molecule has 0 aliphatic heterocycles. The number of aromatic nitrogens is 1. The van der Waals surface area contributed by atoms with E-state index in [0.717, 1.165) is 17.8 Å². The normalized spacial score (nSPS) is 13.0. The number of likely N-dealkylation sites (N-methyl/N-ethyl adjacent to an activating group) is 1. The number of hydrogen-bond acceptors (Lipinski definition) is 5. The third-order valence-electron chi connectivity index (χ3n) is 3.92. The summed E-state index contributed by atoms with van der Waals surface area (Å²) in [6.45, 7) is 1.98. The molecule has 2 heterocycles. The Morgan fingerprint density at radius 2 is 2.04 bits per heavy atom. The fourth-order valence-corrected chi connectivity index (χ4v) is 2.67. The van der Waals surface area contributed by atoms with Gasteiger partial charge in [-0.25, -0.2) is 4.79 Å². The van der Waals surface area contributed by atoms with Gasteiger partial charge >= 0.3 is 5.76 Å². The quantitative estimate of drug-likeness (QED) is 0.676. The Morgan fingerprint density at radius 1 is 1.22 bits per heavy atom. The molecule has 3 aromatic rings. The Morgan fingerprint density at radius 3 is 2.78 bits per heavy atom. The van der Waals surface area contributed by atoms with Gasteiger partial charge in [-0.15, -0.1) is 0 Å². The molecular weight excluding hydrogens is 294 g/mol. The van der Waals surface area contributed by atoms with Crippen molar-refractivity contribution < 1.29 is 8.83 Å². The van der Waals surface area contributed by atoms with Crippen LogP contribution >= 0.6 is 0 Å². The molecule has 1 N–H and O–H groups in total. The van der Waals surface area contributed by atoms with Crippen LogP contribution in [0.4, 0.5) is 0 Å². The van der Waals surface area contributed by atoms with Gasteiger partial charge in [0.25, 0.3) is 0 Å². The standard InChI is InChI=1S/C17H21N3O3/c1-19(2)14(15-8-5-11-22-15)12-18-9-10-20-13-6-3-4-7-16(13)23-17(20)21/h3-8,11,14,18H,9-10,12H2,1-2H3/t14-/m1/s1. The first kappa shape index (κ1) is 15.6. The summed E-state index contributed by atoms with van der Waals surface area (Å²) >= 11 is 0. The van der Waals surface area contributed by atoms with Crippen molar-refractivity contribution in [3.8, 4) is 0 Å². The summed E-state index contributed by atoms with van der Waals surface area (Å²) in [5, 5.41) is 3.38. The summed E-state index contributed by atoms with van der Waals surface area (Å²) in [5.74, 6) is 0.608. The van der Waals surface area contributed by atoms with Crippen molar-refractivity contribution in [2.75, 3.05) is 27.2 Å². The molecule has 0 amide bonds. The van der Waals surface area contributed by atoms with Crippen LogP contribution in [0.5, 0.6) is 0 Å². The first-order valence-electron chi connectivity index (χ1n) is 7.65. The van der Waals surface area contributed by atoms with Crippen LogP contribution in [0.3, 0.4) is 0 Å². The highest BCUT2D eigenvalue weighted by Gasteiger charge is 2.16. The zero-order valence-electron chi connectivity index (χ0n) is 13.4. The maximum absolute atomic E-state index is 11.9. The number of benzene rings is 1. The molecule has 0 spiro atoms. The lowest BCUT2D eigenvalue weighted by Gasteiger charge is -2.22. The number of nitrogens with one attached hydrogen (secondary N) is 1. The second-order valence-electron chi connectivity index (χ2n) is 5.69. The SMILES string of the molecule is CN(C)[C@H](CNCCn1c(=O)oc2ccccc21)c1ccco1. The largest absolute Gasteiger partial charge is 0.468 e. The molecule has 0 bridgehead atoms. The van der Waals surface area contributed by atoms with E-state index in [1.165, 1.54) is 0 Å². The van der Waals surface area contributed by atoms with Crippen LogP contribution in [-0.4, -0.2) is 36.7 Å². The number of fused-ring (bicyclic) bond motifs is 1. The maximum atomic E-state index is 11.9. The molecule has 0 aliphatic rings. The van der Waals surface area contributed by atoms with Gasteiger partial charge in [0.05, 0.1) is 17.8 Å². The first-order chi connectivity index (χ1) is 11.2. The van der Waals surface area contributed by atoms with Crippen molar-refractivity contribution in [3.05, 3.63) is 59.0 Å². The summed E-state index contributed by atoms with van der Waals surface area (Å²) in [7, 11) is 4.03. The smallest absolute Gasteiger partial charge is 0.419 e. The summed E-state index contributed by atoms with van der Waals surface area (Å²) in [6.07, 6.45) is 1.68. The van der Waals surface area contributed by atoms with Crippen molar-refractivity contribution in [1.82, 2.24) is 14.8 Å². The molecule has 0 radical (unpaired) electrons. The van der Waals surface area contributed by atoms with Gasteiger partial charge in [0.1, 0.15) is 5.76 Å². The molecule has 0 unspecified atom stereocenters. The van der Waals surface area contributed by atoms with Crippen molar-refractivity contribution in [2.24, 2.45) is 0 Å². The van der Waals surface area contributed by atoms with Crippen LogP contribution in [0.25, 0.3) is 11.1 Å². The fourth-order valence-electron chi connectivity index (χ4n) is 2.67. The predicted octanol–water partition coefficient (Wildman–Crippen LogP) is 2.08. The maximum Gasteiger partial charge on any atom is 0.419 e. The number of hydrogen-bond donors (Lipinski definition) is 1. The van der Waals surface area contributed by atoms with Crippen LogP contribution in [-0.2, 0) is 6.54 Å². The molecule has 122 valence electrons. The molecular formula is C17H21N3O3. The van der Waals surface area contributed by atoms with E-state index < -0.39 is 0 Å². The van der Waals surface area contributed by atoms with Crippen LogP contribution in [0, 0.1) is 0 Å². The molecule has 1 aromatic carbocycles. The minimum Gasteiger partial charge on any atom is -0.468 e. The van der Waals surface area contributed by atoms with Gasteiger partial charge in [-0.2, -0.15) is 0 Å². The number of furan rings is 1. The topological polar surface area (TPSA) is 63.5 Å². The van der Waals surface area contributed by atoms with Crippen LogP contribution in [0.15, 0.2) is 56.3 Å². The molecule has 0 saturated carbocycles. The van der Waals surface area contributed by atoms with E-state index in [4.69, 9.17) is 8.83 Å². The molecule has 0 saturated heterocycles. The molecule has 0 fully saturated rings. The van der Waals surface area contributed by atoms with E-state index in [1.807, 2.05) is 44.4 Å². The fraction of sp³-hybridized carbons (Fsp3) is 0.353. The predicted molar refractivity (Wildman–Crippen MR) is 88.5 cm³/mol. The Bertz CT molecular complexity index is 802. The molecule has 23 heavy (non-hydrogen) atoms. The summed E-state index contributed by atoms with van der Waals surface area (Å²) in [5.41, 5.74) is 1.45. The Balaban J connectivity index is 1.60. The molecule has 0 aliphatic carbocycles. The van der Waals surface area contributed by atoms with Crippen LogP contribution < -0.4 is 11.1 Å². The zero-order valence-corrected chi connectivity index (χ0v) is 13.4. The van der Waals surface area contributed by atoms with Gasteiger partial charge in [0, 0.05) is 19.6 Å². The van der Waals surface area contributed by atoms with E-state index in [1.54, 1.807) is 16.9 Å². The van der Waals surface area contributed by atoms with Crippen molar-refractivity contribution in [3.63, 3.8) is 0 Å². The van der Waals surface area contributed by atoms with Gasteiger partial charge in [-0.3, -0.25) is 9.47 Å². The lowest BCUT2D eigenvalue weighted by molar-refractivity contribution is 0.250. The lowest BCUT2D eigenvalue weighted by Crippen LogP contribution is -2.33. The third-order valence-corrected chi connectivity index (χ3v) is 3.92. The van der Waals surface area contributed by atoms with Gasteiger partial charge in [-0.05, 0) is 38.4 Å². The van der Waals surface area contributed by atoms with Crippen LogP contribution in [0.1, 0.15) is 11.8 Å². The molecule has 6 nitrogen and oxygen atoms in total. The third kappa shape index (κ3) is 3.38. The van der Waals surface area contributed by atoms with E-state index >= 15 is 0 Å². The van der Waals surface area contributed by atoms with E-state index in [2.05, 4.69) is 10.2 Å². The Labute approximate surface area is 134 Å².